The number of halogens is 1. The van der Waals surface area contributed by atoms with Crippen LogP contribution in [0.5, 0.6) is 0 Å². The molecule has 21 heavy (non-hydrogen) atoms. The van der Waals surface area contributed by atoms with Crippen molar-refractivity contribution < 1.29 is 4.39 Å². The molecule has 0 saturated carbocycles. The first kappa shape index (κ1) is 16.5. The van der Waals surface area contributed by atoms with E-state index in [1.54, 1.807) is 35.2 Å². The molecule has 0 aliphatic carbocycles. The lowest BCUT2D eigenvalue weighted by atomic mass is 10.2. The molecular formula is C16H21FN2S2. The summed E-state index contributed by atoms with van der Waals surface area (Å²) in [5.41, 5.74) is 1.13. The van der Waals surface area contributed by atoms with Crippen molar-refractivity contribution in [2.45, 2.75) is 38.1 Å². The van der Waals surface area contributed by atoms with Crippen molar-refractivity contribution in [3.05, 3.63) is 45.7 Å². The zero-order chi connectivity index (χ0) is 15.2. The van der Waals surface area contributed by atoms with Gasteiger partial charge >= 0.3 is 0 Å². The highest BCUT2D eigenvalue weighted by molar-refractivity contribution is 7.99. The van der Waals surface area contributed by atoms with Gasteiger partial charge in [0.05, 0.1) is 10.7 Å². The molecule has 0 aliphatic heterocycles. The number of aryl methyl sites for hydroxylation is 2. The summed E-state index contributed by atoms with van der Waals surface area (Å²) in [4.78, 5) is 6.88. The third-order valence-corrected chi connectivity index (χ3v) is 5.49. The smallest absolute Gasteiger partial charge is 0.124 e. The fraction of sp³-hybridized carbons (Fsp3) is 0.438. The molecule has 0 fully saturated rings. The van der Waals surface area contributed by atoms with Gasteiger partial charge < -0.3 is 5.32 Å². The van der Waals surface area contributed by atoms with Crippen LogP contribution >= 0.6 is 23.1 Å². The summed E-state index contributed by atoms with van der Waals surface area (Å²) in [6.07, 6.45) is 0.926. The maximum atomic E-state index is 13.2. The summed E-state index contributed by atoms with van der Waals surface area (Å²) < 4.78 is 13.2. The van der Waals surface area contributed by atoms with Crippen molar-refractivity contribution in [1.82, 2.24) is 10.3 Å². The maximum Gasteiger partial charge on any atom is 0.124 e. The van der Waals surface area contributed by atoms with E-state index in [0.29, 0.717) is 6.04 Å². The van der Waals surface area contributed by atoms with Crippen molar-refractivity contribution in [2.75, 3.05) is 12.3 Å². The van der Waals surface area contributed by atoms with Gasteiger partial charge in [0.1, 0.15) is 5.82 Å². The van der Waals surface area contributed by atoms with Crippen LogP contribution in [0.2, 0.25) is 0 Å². The zero-order valence-corrected chi connectivity index (χ0v) is 14.3. The summed E-state index contributed by atoms with van der Waals surface area (Å²) in [5.74, 6) is 0.737. The van der Waals surface area contributed by atoms with Crippen molar-refractivity contribution >= 4 is 23.1 Å². The number of hydrogen-bond donors (Lipinski definition) is 1. The Kier molecular flexibility index (Phi) is 6.21. The lowest BCUT2D eigenvalue weighted by Crippen LogP contribution is -2.33. The highest BCUT2D eigenvalue weighted by Crippen LogP contribution is 2.22. The van der Waals surface area contributed by atoms with E-state index >= 15 is 0 Å². The van der Waals surface area contributed by atoms with Crippen LogP contribution < -0.4 is 5.32 Å². The average Bonchev–Trinajstić information content (AvgIpc) is 2.75. The Morgan fingerprint density at radius 3 is 2.81 bits per heavy atom. The quantitative estimate of drug-likeness (QED) is 0.772. The molecule has 5 heteroatoms. The number of nitrogens with zero attached hydrogens (tertiary/aromatic N) is 1. The second kappa shape index (κ2) is 7.92. The Morgan fingerprint density at radius 1 is 1.38 bits per heavy atom. The van der Waals surface area contributed by atoms with Gasteiger partial charge in [-0.25, -0.2) is 9.37 Å². The molecule has 1 atom stereocenters. The van der Waals surface area contributed by atoms with Crippen LogP contribution in [0.15, 0.2) is 29.2 Å². The number of nitrogens with one attached hydrogen (secondary N) is 1. The Labute approximate surface area is 134 Å². The van der Waals surface area contributed by atoms with Gasteiger partial charge in [-0.15, -0.1) is 23.1 Å². The molecule has 114 valence electrons. The summed E-state index contributed by atoms with van der Waals surface area (Å²) in [7, 11) is 0. The average molecular weight is 324 g/mol. The molecule has 1 heterocycles. The van der Waals surface area contributed by atoms with Crippen molar-refractivity contribution in [1.29, 1.82) is 0 Å². The normalized spacial score (nSPS) is 12.6. The van der Waals surface area contributed by atoms with E-state index in [1.165, 1.54) is 16.0 Å². The first-order valence-electron chi connectivity index (χ1n) is 7.13. The highest BCUT2D eigenvalue weighted by atomic mass is 32.2. The SMILES string of the molecule is CCNC(CSc1cccc(F)c1)Cc1nc(C)c(C)s1. The molecule has 0 aliphatic rings. The van der Waals surface area contributed by atoms with Crippen LogP contribution in [0.3, 0.4) is 0 Å². The molecule has 1 unspecified atom stereocenters. The van der Waals surface area contributed by atoms with Gasteiger partial charge in [-0.2, -0.15) is 0 Å². The van der Waals surface area contributed by atoms with Gasteiger partial charge in [0, 0.05) is 28.0 Å². The van der Waals surface area contributed by atoms with E-state index in [9.17, 15) is 4.39 Å². The number of likely N-dealkylation sites (N-methyl/N-ethyl adjacent to an activating group) is 1. The molecule has 1 N–H and O–H groups in total. The first-order valence-corrected chi connectivity index (χ1v) is 8.93. The minimum Gasteiger partial charge on any atom is -0.313 e. The molecule has 2 nitrogen and oxygen atoms in total. The van der Waals surface area contributed by atoms with E-state index in [1.807, 2.05) is 6.07 Å². The van der Waals surface area contributed by atoms with Gasteiger partial charge in [0.2, 0.25) is 0 Å². The summed E-state index contributed by atoms with van der Waals surface area (Å²) >= 11 is 3.46. The number of hydrogen-bond acceptors (Lipinski definition) is 4. The third-order valence-electron chi connectivity index (χ3n) is 3.23. The lowest BCUT2D eigenvalue weighted by Gasteiger charge is -2.16. The molecule has 0 spiro atoms. The molecular weight excluding hydrogens is 303 g/mol. The van der Waals surface area contributed by atoms with Gasteiger partial charge in [0.25, 0.3) is 0 Å². The highest BCUT2D eigenvalue weighted by Gasteiger charge is 2.13. The fourth-order valence-corrected chi connectivity index (χ4v) is 4.08. The Balaban J connectivity index is 1.95. The molecule has 1 aromatic heterocycles. The molecule has 0 radical (unpaired) electrons. The van der Waals surface area contributed by atoms with Gasteiger partial charge in [-0.05, 0) is 38.6 Å². The molecule has 2 rings (SSSR count). The molecule has 1 aromatic carbocycles. The van der Waals surface area contributed by atoms with Crippen LogP contribution in [0.25, 0.3) is 0 Å². The Morgan fingerprint density at radius 2 is 2.19 bits per heavy atom. The first-order chi connectivity index (χ1) is 10.1. The standard InChI is InChI=1S/C16H21FN2S2/c1-4-18-14(9-16-19-11(2)12(3)21-16)10-20-15-7-5-6-13(17)8-15/h5-8,14,18H,4,9-10H2,1-3H3. The van der Waals surface area contributed by atoms with Crippen LogP contribution in [0, 0.1) is 19.7 Å². The predicted molar refractivity (Wildman–Crippen MR) is 89.9 cm³/mol. The zero-order valence-electron chi connectivity index (χ0n) is 12.6. The molecule has 0 bridgehead atoms. The van der Waals surface area contributed by atoms with E-state index in [-0.39, 0.29) is 5.82 Å². The lowest BCUT2D eigenvalue weighted by molar-refractivity contribution is 0.571. The number of rotatable bonds is 7. The van der Waals surface area contributed by atoms with E-state index in [4.69, 9.17) is 0 Å². The number of thioether (sulfide) groups is 1. The fourth-order valence-electron chi connectivity index (χ4n) is 2.07. The second-order valence-corrected chi connectivity index (χ2v) is 7.36. The van der Waals surface area contributed by atoms with Crippen LogP contribution in [-0.2, 0) is 6.42 Å². The molecule has 2 aromatic rings. The monoisotopic (exact) mass is 324 g/mol. The number of benzene rings is 1. The van der Waals surface area contributed by atoms with Crippen LogP contribution in [0.1, 0.15) is 22.5 Å². The minimum absolute atomic E-state index is 0.175. The van der Waals surface area contributed by atoms with Crippen molar-refractivity contribution in [2.24, 2.45) is 0 Å². The van der Waals surface area contributed by atoms with Crippen molar-refractivity contribution in [3.8, 4) is 0 Å². The summed E-state index contributed by atoms with van der Waals surface area (Å²) in [6.45, 7) is 7.20. The van der Waals surface area contributed by atoms with Gasteiger partial charge in [-0.3, -0.25) is 0 Å². The third kappa shape index (κ3) is 5.09. The van der Waals surface area contributed by atoms with Gasteiger partial charge in [-0.1, -0.05) is 13.0 Å². The van der Waals surface area contributed by atoms with E-state index in [0.717, 1.165) is 29.3 Å². The molecule has 0 amide bonds. The summed E-state index contributed by atoms with van der Waals surface area (Å²) in [5, 5.41) is 4.67. The van der Waals surface area contributed by atoms with Crippen molar-refractivity contribution in [3.63, 3.8) is 0 Å². The van der Waals surface area contributed by atoms with Gasteiger partial charge in [0.15, 0.2) is 0 Å². The second-order valence-electron chi connectivity index (χ2n) is 4.98. The van der Waals surface area contributed by atoms with Crippen LogP contribution in [-0.4, -0.2) is 23.3 Å². The summed E-state index contributed by atoms with van der Waals surface area (Å²) in [6, 6.07) is 7.13. The Hall–Kier alpha value is -0.910. The molecule has 0 saturated heterocycles. The maximum absolute atomic E-state index is 13.2. The number of thiazole rings is 1. The topological polar surface area (TPSA) is 24.9 Å². The Bertz CT molecular complexity index is 564. The van der Waals surface area contributed by atoms with Crippen LogP contribution in [0.4, 0.5) is 4.39 Å². The number of aromatic nitrogens is 1. The predicted octanol–water partition coefficient (Wildman–Crippen LogP) is 4.21. The van der Waals surface area contributed by atoms with E-state index < -0.39 is 0 Å². The van der Waals surface area contributed by atoms with E-state index in [2.05, 4.69) is 31.1 Å². The minimum atomic E-state index is -0.175. The largest absolute Gasteiger partial charge is 0.313 e.